The number of aliphatic hydroxyl groups excluding tert-OH is 3. The molecule has 0 spiro atoms. The fraction of sp³-hybridized carbons (Fsp3) is 0.857. The number of hydrogen-bond acceptors (Lipinski definition) is 5. The molecule has 0 aromatic rings. The van der Waals surface area contributed by atoms with E-state index in [1.165, 1.54) is 6.92 Å². The van der Waals surface area contributed by atoms with Crippen molar-refractivity contribution in [1.29, 1.82) is 0 Å². The SMILES string of the molecule is CC[C@](O)(C=O)[C@H](O)[C@H](O)CO. The smallest absolute Gasteiger partial charge is 0.154 e. The molecule has 0 saturated heterocycles. The van der Waals surface area contributed by atoms with Crippen LogP contribution in [0.1, 0.15) is 13.3 Å². The maximum Gasteiger partial charge on any atom is 0.154 e. The molecule has 0 aliphatic carbocycles. The van der Waals surface area contributed by atoms with Gasteiger partial charge in [0.15, 0.2) is 6.29 Å². The molecule has 0 aromatic carbocycles. The summed E-state index contributed by atoms with van der Waals surface area (Å²) < 4.78 is 0. The van der Waals surface area contributed by atoms with Gasteiger partial charge in [-0.15, -0.1) is 0 Å². The average Bonchev–Trinajstić information content (AvgIpc) is 2.14. The highest BCUT2D eigenvalue weighted by Crippen LogP contribution is 2.15. The second-order valence-corrected chi connectivity index (χ2v) is 2.66. The lowest BCUT2D eigenvalue weighted by molar-refractivity contribution is -0.153. The van der Waals surface area contributed by atoms with Crippen LogP contribution in [0.15, 0.2) is 0 Å². The van der Waals surface area contributed by atoms with Gasteiger partial charge >= 0.3 is 0 Å². The van der Waals surface area contributed by atoms with Crippen LogP contribution in [0, 0.1) is 0 Å². The first kappa shape index (κ1) is 11.5. The van der Waals surface area contributed by atoms with Crippen LogP contribution in [0.3, 0.4) is 0 Å². The summed E-state index contributed by atoms with van der Waals surface area (Å²) in [6, 6.07) is 0. The Hall–Kier alpha value is -0.490. The van der Waals surface area contributed by atoms with Gasteiger partial charge in [-0.05, 0) is 6.42 Å². The monoisotopic (exact) mass is 178 g/mol. The van der Waals surface area contributed by atoms with E-state index in [0.29, 0.717) is 0 Å². The molecule has 0 amide bonds. The van der Waals surface area contributed by atoms with Crippen LogP contribution in [0.2, 0.25) is 0 Å². The zero-order chi connectivity index (χ0) is 9.78. The van der Waals surface area contributed by atoms with E-state index >= 15 is 0 Å². The minimum Gasteiger partial charge on any atom is -0.394 e. The summed E-state index contributed by atoms with van der Waals surface area (Å²) in [6.45, 7) is 0.791. The highest BCUT2D eigenvalue weighted by molar-refractivity contribution is 5.63. The number of aldehydes is 1. The summed E-state index contributed by atoms with van der Waals surface area (Å²) in [5, 5.41) is 35.8. The van der Waals surface area contributed by atoms with Crippen molar-refractivity contribution < 1.29 is 25.2 Å². The molecule has 5 nitrogen and oxygen atoms in total. The molecule has 0 bridgehead atoms. The van der Waals surface area contributed by atoms with Gasteiger partial charge in [-0.3, -0.25) is 0 Å². The number of carbonyl (C=O) groups excluding carboxylic acids is 1. The fourth-order valence-corrected chi connectivity index (χ4v) is 0.795. The molecule has 0 saturated carbocycles. The predicted molar refractivity (Wildman–Crippen MR) is 40.4 cm³/mol. The number of hydrogen-bond donors (Lipinski definition) is 4. The third-order valence-corrected chi connectivity index (χ3v) is 1.83. The minimum absolute atomic E-state index is 0.0191. The summed E-state index contributed by atoms with van der Waals surface area (Å²) in [7, 11) is 0. The highest BCUT2D eigenvalue weighted by Gasteiger charge is 2.37. The standard InChI is InChI=1S/C7H14O5/c1-2-7(12,4-9)6(11)5(10)3-8/h4-6,8,10-12H,2-3H2,1H3/t5-,6-,7+/m1/s1. The summed E-state index contributed by atoms with van der Waals surface area (Å²) in [5.74, 6) is 0. The largest absolute Gasteiger partial charge is 0.394 e. The third-order valence-electron chi connectivity index (χ3n) is 1.83. The number of carbonyl (C=O) groups is 1. The van der Waals surface area contributed by atoms with Crippen LogP contribution in [0.25, 0.3) is 0 Å². The van der Waals surface area contributed by atoms with Crippen molar-refractivity contribution in [3.63, 3.8) is 0 Å². The van der Waals surface area contributed by atoms with Gasteiger partial charge in [0.05, 0.1) is 6.61 Å². The molecule has 3 atom stereocenters. The van der Waals surface area contributed by atoms with Gasteiger partial charge < -0.3 is 25.2 Å². The van der Waals surface area contributed by atoms with Gasteiger partial charge in [-0.1, -0.05) is 6.92 Å². The Morgan fingerprint density at radius 2 is 2.00 bits per heavy atom. The summed E-state index contributed by atoms with van der Waals surface area (Å²) in [6.07, 6.45) is -3.00. The Kier molecular flexibility index (Phi) is 4.33. The zero-order valence-corrected chi connectivity index (χ0v) is 6.84. The van der Waals surface area contributed by atoms with Gasteiger partial charge in [-0.2, -0.15) is 0 Å². The molecular formula is C7H14O5. The van der Waals surface area contributed by atoms with Crippen LogP contribution in [-0.2, 0) is 4.79 Å². The minimum atomic E-state index is -1.97. The Morgan fingerprint density at radius 3 is 2.25 bits per heavy atom. The van der Waals surface area contributed by atoms with E-state index in [4.69, 9.17) is 15.3 Å². The fourth-order valence-electron chi connectivity index (χ4n) is 0.795. The molecule has 72 valence electrons. The van der Waals surface area contributed by atoms with E-state index in [2.05, 4.69) is 0 Å². The van der Waals surface area contributed by atoms with Gasteiger partial charge in [0, 0.05) is 0 Å². The molecule has 0 aromatic heterocycles. The Morgan fingerprint density at radius 1 is 1.50 bits per heavy atom. The molecule has 0 aliphatic heterocycles. The number of rotatable bonds is 5. The molecule has 12 heavy (non-hydrogen) atoms. The van der Waals surface area contributed by atoms with Crippen molar-refractivity contribution in [3.05, 3.63) is 0 Å². The van der Waals surface area contributed by atoms with Crippen molar-refractivity contribution in [3.8, 4) is 0 Å². The van der Waals surface area contributed by atoms with Crippen LogP contribution in [-0.4, -0.2) is 51.1 Å². The zero-order valence-electron chi connectivity index (χ0n) is 6.84. The lowest BCUT2D eigenvalue weighted by Gasteiger charge is -2.28. The van der Waals surface area contributed by atoms with E-state index in [-0.39, 0.29) is 12.7 Å². The number of aliphatic hydroxyl groups is 4. The van der Waals surface area contributed by atoms with Crippen LogP contribution < -0.4 is 0 Å². The van der Waals surface area contributed by atoms with Crippen LogP contribution in [0.4, 0.5) is 0 Å². The van der Waals surface area contributed by atoms with Crippen molar-refractivity contribution in [2.75, 3.05) is 6.61 Å². The molecule has 0 heterocycles. The summed E-state index contributed by atoms with van der Waals surface area (Å²) >= 11 is 0. The topological polar surface area (TPSA) is 98.0 Å². The van der Waals surface area contributed by atoms with E-state index in [0.717, 1.165) is 0 Å². The predicted octanol–water partition coefficient (Wildman–Crippen LogP) is -1.96. The van der Waals surface area contributed by atoms with Gasteiger partial charge in [-0.25, -0.2) is 0 Å². The summed E-state index contributed by atoms with van der Waals surface area (Å²) in [4.78, 5) is 10.3. The molecule has 4 N–H and O–H groups in total. The second kappa shape index (κ2) is 4.51. The van der Waals surface area contributed by atoms with E-state index in [1.54, 1.807) is 0 Å². The van der Waals surface area contributed by atoms with Crippen molar-refractivity contribution >= 4 is 6.29 Å². The molecule has 0 rings (SSSR count). The molecular weight excluding hydrogens is 164 g/mol. The average molecular weight is 178 g/mol. The Bertz CT molecular complexity index is 149. The molecule has 0 aliphatic rings. The molecule has 0 radical (unpaired) electrons. The first-order valence-corrected chi connectivity index (χ1v) is 3.67. The van der Waals surface area contributed by atoms with Crippen LogP contribution in [0.5, 0.6) is 0 Å². The lowest BCUT2D eigenvalue weighted by Crippen LogP contribution is -2.51. The van der Waals surface area contributed by atoms with Crippen molar-refractivity contribution in [1.82, 2.24) is 0 Å². The quantitative estimate of drug-likeness (QED) is 0.366. The molecule has 0 fully saturated rings. The maximum absolute atomic E-state index is 10.3. The first-order valence-electron chi connectivity index (χ1n) is 3.67. The van der Waals surface area contributed by atoms with E-state index < -0.39 is 24.4 Å². The highest BCUT2D eigenvalue weighted by atomic mass is 16.4. The second-order valence-electron chi connectivity index (χ2n) is 2.66. The Labute approximate surface area is 70.3 Å². The van der Waals surface area contributed by atoms with Crippen LogP contribution >= 0.6 is 0 Å². The first-order chi connectivity index (χ1) is 5.51. The maximum atomic E-state index is 10.3. The lowest BCUT2D eigenvalue weighted by atomic mass is 9.92. The van der Waals surface area contributed by atoms with Gasteiger partial charge in [0.1, 0.15) is 17.8 Å². The van der Waals surface area contributed by atoms with Gasteiger partial charge in [0.25, 0.3) is 0 Å². The van der Waals surface area contributed by atoms with Gasteiger partial charge in [0.2, 0.25) is 0 Å². The molecule has 5 heteroatoms. The van der Waals surface area contributed by atoms with Crippen molar-refractivity contribution in [2.45, 2.75) is 31.2 Å². The Balaban J connectivity index is 4.40. The van der Waals surface area contributed by atoms with Crippen molar-refractivity contribution in [2.24, 2.45) is 0 Å². The third kappa shape index (κ3) is 2.25. The van der Waals surface area contributed by atoms with E-state index in [1.807, 2.05) is 0 Å². The van der Waals surface area contributed by atoms with E-state index in [9.17, 15) is 9.90 Å². The summed E-state index contributed by atoms with van der Waals surface area (Å²) in [5.41, 5.74) is -1.97. The molecule has 0 unspecified atom stereocenters. The normalized spacial score (nSPS) is 21.1.